The lowest BCUT2D eigenvalue weighted by Gasteiger charge is -2.18. The molecule has 86 valence electrons. The van der Waals surface area contributed by atoms with Gasteiger partial charge in [0, 0.05) is 18.5 Å². The number of nitrogens with one attached hydrogen (secondary N) is 2. The van der Waals surface area contributed by atoms with E-state index in [1.54, 1.807) is 0 Å². The van der Waals surface area contributed by atoms with Crippen molar-refractivity contribution in [2.75, 3.05) is 19.7 Å². The standard InChI is InChI=1S/C11H20N2O2/c1-2-3-6-15-10(14)13-9-7-12-8-11(9)4-5-11/h9,12H,2-8H2,1H3,(H,13,14)/t9-/m1/s1. The van der Waals surface area contributed by atoms with E-state index < -0.39 is 0 Å². The van der Waals surface area contributed by atoms with Gasteiger partial charge in [0.1, 0.15) is 0 Å². The molecule has 1 atom stereocenters. The van der Waals surface area contributed by atoms with Gasteiger partial charge in [-0.05, 0) is 19.3 Å². The summed E-state index contributed by atoms with van der Waals surface area (Å²) in [7, 11) is 0. The highest BCUT2D eigenvalue weighted by Crippen LogP contribution is 2.50. The minimum atomic E-state index is -0.247. The first kappa shape index (κ1) is 10.7. The normalized spacial score (nSPS) is 26.6. The molecular weight excluding hydrogens is 192 g/mol. The Bertz CT molecular complexity index is 239. The average molecular weight is 212 g/mol. The van der Waals surface area contributed by atoms with E-state index in [0.29, 0.717) is 12.0 Å². The number of alkyl carbamates (subject to hydrolysis) is 1. The molecule has 0 aromatic carbocycles. The first-order chi connectivity index (χ1) is 7.27. The van der Waals surface area contributed by atoms with Crippen molar-refractivity contribution in [2.45, 2.75) is 38.6 Å². The quantitative estimate of drug-likeness (QED) is 0.690. The molecule has 1 aliphatic heterocycles. The lowest BCUT2D eigenvalue weighted by molar-refractivity contribution is 0.138. The van der Waals surface area contributed by atoms with Gasteiger partial charge in [-0.25, -0.2) is 4.79 Å². The predicted octanol–water partition coefficient (Wildman–Crippen LogP) is 1.26. The largest absolute Gasteiger partial charge is 0.450 e. The SMILES string of the molecule is CCCCOC(=O)N[C@@H]1CNCC12CC2. The van der Waals surface area contributed by atoms with E-state index >= 15 is 0 Å². The zero-order chi connectivity index (χ0) is 10.7. The number of rotatable bonds is 4. The maximum absolute atomic E-state index is 11.4. The van der Waals surface area contributed by atoms with Crippen LogP contribution >= 0.6 is 0 Å². The van der Waals surface area contributed by atoms with Crippen LogP contribution in [0.15, 0.2) is 0 Å². The Morgan fingerprint density at radius 2 is 2.40 bits per heavy atom. The summed E-state index contributed by atoms with van der Waals surface area (Å²) in [6, 6.07) is 0.284. The molecule has 2 aliphatic rings. The summed E-state index contributed by atoms with van der Waals surface area (Å²) in [5, 5.41) is 6.29. The van der Waals surface area contributed by atoms with E-state index in [0.717, 1.165) is 25.9 Å². The summed E-state index contributed by atoms with van der Waals surface area (Å²) in [5.74, 6) is 0. The van der Waals surface area contributed by atoms with Gasteiger partial charge in [-0.2, -0.15) is 0 Å². The molecule has 1 saturated heterocycles. The van der Waals surface area contributed by atoms with Crippen LogP contribution in [-0.4, -0.2) is 31.8 Å². The fourth-order valence-electron chi connectivity index (χ4n) is 2.19. The van der Waals surface area contributed by atoms with Crippen molar-refractivity contribution >= 4 is 6.09 Å². The smallest absolute Gasteiger partial charge is 0.407 e. The Hall–Kier alpha value is -0.770. The summed E-state index contributed by atoms with van der Waals surface area (Å²) >= 11 is 0. The van der Waals surface area contributed by atoms with Gasteiger partial charge in [-0.3, -0.25) is 0 Å². The van der Waals surface area contributed by atoms with Gasteiger partial charge >= 0.3 is 6.09 Å². The van der Waals surface area contributed by atoms with Crippen molar-refractivity contribution < 1.29 is 9.53 Å². The Labute approximate surface area is 90.8 Å². The number of hydrogen-bond acceptors (Lipinski definition) is 3. The molecule has 1 heterocycles. The molecule has 0 unspecified atom stereocenters. The van der Waals surface area contributed by atoms with E-state index in [9.17, 15) is 4.79 Å². The second-order valence-corrected chi connectivity index (χ2v) is 4.68. The Kier molecular flexibility index (Phi) is 3.14. The number of unbranched alkanes of at least 4 members (excludes halogenated alkanes) is 1. The van der Waals surface area contributed by atoms with Crippen LogP contribution in [0.5, 0.6) is 0 Å². The number of ether oxygens (including phenoxy) is 1. The maximum Gasteiger partial charge on any atom is 0.407 e. The van der Waals surface area contributed by atoms with E-state index in [4.69, 9.17) is 4.74 Å². The summed E-state index contributed by atoms with van der Waals surface area (Å²) in [6.45, 7) is 4.56. The van der Waals surface area contributed by atoms with Crippen molar-refractivity contribution in [3.63, 3.8) is 0 Å². The fourth-order valence-corrected chi connectivity index (χ4v) is 2.19. The van der Waals surface area contributed by atoms with Crippen LogP contribution in [0.25, 0.3) is 0 Å². The molecule has 0 radical (unpaired) electrons. The second-order valence-electron chi connectivity index (χ2n) is 4.68. The molecule has 1 amide bonds. The average Bonchev–Trinajstić information content (AvgIpc) is 2.87. The summed E-state index contributed by atoms with van der Waals surface area (Å²) in [6.07, 6.45) is 4.23. The molecule has 2 rings (SSSR count). The molecule has 4 nitrogen and oxygen atoms in total. The van der Waals surface area contributed by atoms with Crippen LogP contribution in [0.3, 0.4) is 0 Å². The Balaban J connectivity index is 1.70. The number of carbonyl (C=O) groups excluding carboxylic acids is 1. The lowest BCUT2D eigenvalue weighted by atomic mass is 10.0. The predicted molar refractivity (Wildman–Crippen MR) is 57.7 cm³/mol. The number of hydrogen-bond donors (Lipinski definition) is 2. The van der Waals surface area contributed by atoms with Crippen LogP contribution in [0.4, 0.5) is 4.79 Å². The fraction of sp³-hybridized carbons (Fsp3) is 0.909. The van der Waals surface area contributed by atoms with Gasteiger partial charge in [-0.1, -0.05) is 13.3 Å². The molecule has 1 spiro atoms. The van der Waals surface area contributed by atoms with Crippen LogP contribution in [-0.2, 0) is 4.74 Å². The molecule has 2 N–H and O–H groups in total. The Morgan fingerprint density at radius 3 is 3.07 bits per heavy atom. The molecule has 2 fully saturated rings. The van der Waals surface area contributed by atoms with Gasteiger partial charge in [0.2, 0.25) is 0 Å². The van der Waals surface area contributed by atoms with Crippen LogP contribution in [0.2, 0.25) is 0 Å². The molecule has 1 aliphatic carbocycles. The van der Waals surface area contributed by atoms with Gasteiger partial charge in [0.25, 0.3) is 0 Å². The zero-order valence-corrected chi connectivity index (χ0v) is 9.34. The summed E-state index contributed by atoms with van der Waals surface area (Å²) in [5.41, 5.74) is 0.365. The second kappa shape index (κ2) is 4.39. The van der Waals surface area contributed by atoms with E-state index in [1.165, 1.54) is 12.8 Å². The third-order valence-electron chi connectivity index (χ3n) is 3.48. The monoisotopic (exact) mass is 212 g/mol. The van der Waals surface area contributed by atoms with E-state index in [-0.39, 0.29) is 12.1 Å². The van der Waals surface area contributed by atoms with E-state index in [2.05, 4.69) is 17.6 Å². The van der Waals surface area contributed by atoms with Gasteiger partial charge in [-0.15, -0.1) is 0 Å². The van der Waals surface area contributed by atoms with Gasteiger partial charge in [0.05, 0.1) is 12.6 Å². The summed E-state index contributed by atoms with van der Waals surface area (Å²) < 4.78 is 5.09. The van der Waals surface area contributed by atoms with Crippen molar-refractivity contribution in [2.24, 2.45) is 5.41 Å². The van der Waals surface area contributed by atoms with Crippen LogP contribution in [0, 0.1) is 5.41 Å². The topological polar surface area (TPSA) is 50.4 Å². The first-order valence-corrected chi connectivity index (χ1v) is 5.91. The van der Waals surface area contributed by atoms with Crippen molar-refractivity contribution in [3.8, 4) is 0 Å². The zero-order valence-electron chi connectivity index (χ0n) is 9.34. The van der Waals surface area contributed by atoms with Crippen molar-refractivity contribution in [1.29, 1.82) is 0 Å². The molecule has 0 bridgehead atoms. The summed E-state index contributed by atoms with van der Waals surface area (Å²) in [4.78, 5) is 11.4. The molecule has 15 heavy (non-hydrogen) atoms. The van der Waals surface area contributed by atoms with Crippen molar-refractivity contribution in [1.82, 2.24) is 10.6 Å². The maximum atomic E-state index is 11.4. The lowest BCUT2D eigenvalue weighted by Crippen LogP contribution is -2.41. The molecule has 4 heteroatoms. The van der Waals surface area contributed by atoms with Gasteiger partial charge < -0.3 is 15.4 Å². The molecule has 1 saturated carbocycles. The highest BCUT2D eigenvalue weighted by molar-refractivity contribution is 5.68. The molecule has 0 aromatic rings. The number of carbonyl (C=O) groups is 1. The molecule has 0 aromatic heterocycles. The Morgan fingerprint density at radius 1 is 1.60 bits per heavy atom. The van der Waals surface area contributed by atoms with E-state index in [1.807, 2.05) is 0 Å². The van der Waals surface area contributed by atoms with Crippen LogP contribution in [0.1, 0.15) is 32.6 Å². The van der Waals surface area contributed by atoms with Crippen LogP contribution < -0.4 is 10.6 Å². The molecular formula is C11H20N2O2. The van der Waals surface area contributed by atoms with Crippen molar-refractivity contribution in [3.05, 3.63) is 0 Å². The third kappa shape index (κ3) is 2.43. The minimum absolute atomic E-state index is 0.247. The highest BCUT2D eigenvalue weighted by Gasteiger charge is 2.52. The first-order valence-electron chi connectivity index (χ1n) is 5.91. The highest BCUT2D eigenvalue weighted by atomic mass is 16.5. The third-order valence-corrected chi connectivity index (χ3v) is 3.48. The van der Waals surface area contributed by atoms with Gasteiger partial charge in [0.15, 0.2) is 0 Å². The number of amides is 1. The minimum Gasteiger partial charge on any atom is -0.450 e.